The predicted molar refractivity (Wildman–Crippen MR) is 147 cm³/mol. The minimum atomic E-state index is -4.33. The summed E-state index contributed by atoms with van der Waals surface area (Å²) in [6.07, 6.45) is 2.79. The Balaban J connectivity index is 1.73. The summed E-state index contributed by atoms with van der Waals surface area (Å²) in [6, 6.07) is 5.73. The Hall–Kier alpha value is -2.45. The van der Waals surface area contributed by atoms with Crippen molar-refractivity contribution >= 4 is 11.4 Å². The number of Topliss-reactive ketones (excluding diaryl/α,β-unsaturated/α-hetero) is 1. The summed E-state index contributed by atoms with van der Waals surface area (Å²) in [4.78, 5) is 21.8. The van der Waals surface area contributed by atoms with Crippen LogP contribution in [0.15, 0.2) is 30.5 Å². The number of nitrogens with zero attached hydrogens (tertiary/aromatic N) is 2. The third-order valence-electron chi connectivity index (χ3n) is 8.53. The number of alkyl halides is 3. The third kappa shape index (κ3) is 6.49. The number of aromatic nitrogens is 2. The number of rotatable bonds is 6. The highest BCUT2D eigenvalue weighted by molar-refractivity contribution is 5.95. The Kier molecular flexibility index (Phi) is 7.48. The number of aliphatic hydroxyl groups is 1. The van der Waals surface area contributed by atoms with Gasteiger partial charge in [0.25, 0.3) is 0 Å². The number of piperidine rings is 1. The molecule has 0 unspecified atom stereocenters. The van der Waals surface area contributed by atoms with Gasteiger partial charge in [-0.05, 0) is 100 Å². The summed E-state index contributed by atoms with van der Waals surface area (Å²) < 4.78 is 40.5. The lowest BCUT2D eigenvalue weighted by Gasteiger charge is -2.58. The van der Waals surface area contributed by atoms with E-state index < -0.39 is 29.4 Å². The van der Waals surface area contributed by atoms with Crippen molar-refractivity contribution < 1.29 is 23.1 Å². The summed E-state index contributed by atoms with van der Waals surface area (Å²) in [7, 11) is 0. The molecule has 0 spiro atoms. The van der Waals surface area contributed by atoms with Gasteiger partial charge in [-0.3, -0.25) is 9.69 Å². The number of likely N-dealkylation sites (tertiary alicyclic amines) is 1. The van der Waals surface area contributed by atoms with Crippen LogP contribution in [0.25, 0.3) is 5.57 Å². The maximum Gasteiger partial charge on any atom is 0.401 e. The van der Waals surface area contributed by atoms with Crippen LogP contribution in [-0.2, 0) is 12.0 Å². The summed E-state index contributed by atoms with van der Waals surface area (Å²) in [6.45, 7) is 12.4. The van der Waals surface area contributed by atoms with E-state index in [1.54, 1.807) is 33.9 Å². The number of imidazole rings is 1. The van der Waals surface area contributed by atoms with E-state index in [1.807, 2.05) is 25.1 Å². The van der Waals surface area contributed by atoms with Crippen LogP contribution in [0.5, 0.6) is 0 Å². The Labute approximate surface area is 229 Å². The summed E-state index contributed by atoms with van der Waals surface area (Å²) in [5.74, 6) is 0.204. The zero-order valence-corrected chi connectivity index (χ0v) is 24.2. The van der Waals surface area contributed by atoms with Crippen molar-refractivity contribution in [2.24, 2.45) is 5.41 Å². The number of benzene rings is 1. The molecule has 1 aliphatic carbocycles. The van der Waals surface area contributed by atoms with Crippen molar-refractivity contribution in [3.63, 3.8) is 0 Å². The average molecular weight is 546 g/mol. The van der Waals surface area contributed by atoms with E-state index in [1.165, 1.54) is 4.90 Å². The van der Waals surface area contributed by atoms with E-state index in [-0.39, 0.29) is 30.5 Å². The molecular formula is C31H42F3N3O2. The number of ketones is 1. The van der Waals surface area contributed by atoms with Gasteiger partial charge < -0.3 is 10.1 Å². The fourth-order valence-electron chi connectivity index (χ4n) is 6.77. The lowest BCUT2D eigenvalue weighted by atomic mass is 9.67. The molecule has 1 aliphatic heterocycles. The second-order valence-electron chi connectivity index (χ2n) is 13.7. The maximum atomic E-state index is 13.5. The molecule has 4 rings (SSSR count). The van der Waals surface area contributed by atoms with Crippen LogP contribution in [0, 0.1) is 12.3 Å². The Morgan fingerprint density at radius 2 is 1.74 bits per heavy atom. The Morgan fingerprint density at radius 1 is 1.10 bits per heavy atom. The first kappa shape index (κ1) is 29.5. The SMILES string of the molecule is Cc1cnc(C(=O)Cc2ccc(C3(O)CC(C)(C)N(CC(F)(F)F)C(C)(C)C3)cc2C2=CCC(C)(C)CC2)[nH]1. The first-order valence-electron chi connectivity index (χ1n) is 13.7. The normalized spacial score (nSPS) is 22.4. The minimum Gasteiger partial charge on any atom is -0.385 e. The molecule has 0 saturated carbocycles. The molecule has 2 aromatic rings. The second kappa shape index (κ2) is 9.88. The number of carbonyl (C=O) groups is 1. The molecule has 1 aromatic carbocycles. The van der Waals surface area contributed by atoms with Crippen LogP contribution < -0.4 is 0 Å². The molecular weight excluding hydrogens is 503 g/mol. The second-order valence-corrected chi connectivity index (χ2v) is 13.7. The number of nitrogens with one attached hydrogen (secondary N) is 1. The molecule has 1 fully saturated rings. The van der Waals surface area contributed by atoms with Crippen molar-refractivity contribution in [2.45, 2.75) is 110 Å². The van der Waals surface area contributed by atoms with Gasteiger partial charge in [-0.1, -0.05) is 32.1 Å². The number of hydrogen-bond donors (Lipinski definition) is 2. The minimum absolute atomic E-state index is 0.115. The highest BCUT2D eigenvalue weighted by Crippen LogP contribution is 2.50. The quantitative estimate of drug-likeness (QED) is 0.379. The first-order chi connectivity index (χ1) is 17.8. The highest BCUT2D eigenvalue weighted by atomic mass is 19.4. The van der Waals surface area contributed by atoms with Gasteiger partial charge >= 0.3 is 6.18 Å². The van der Waals surface area contributed by atoms with Gasteiger partial charge in [-0.25, -0.2) is 4.98 Å². The third-order valence-corrected chi connectivity index (χ3v) is 8.53. The Morgan fingerprint density at radius 3 is 2.26 bits per heavy atom. The molecule has 1 aromatic heterocycles. The number of allylic oxidation sites excluding steroid dienone is 2. The molecule has 214 valence electrons. The predicted octanol–water partition coefficient (Wildman–Crippen LogP) is 7.14. The summed E-state index contributed by atoms with van der Waals surface area (Å²) in [5.41, 5.74) is 1.52. The molecule has 39 heavy (non-hydrogen) atoms. The number of H-pyrrole nitrogens is 1. The van der Waals surface area contributed by atoms with E-state index in [0.29, 0.717) is 11.4 Å². The molecule has 2 heterocycles. The van der Waals surface area contributed by atoms with Crippen molar-refractivity contribution in [2.75, 3.05) is 6.54 Å². The van der Waals surface area contributed by atoms with Gasteiger partial charge in [-0.15, -0.1) is 0 Å². The summed E-state index contributed by atoms with van der Waals surface area (Å²) >= 11 is 0. The van der Waals surface area contributed by atoms with E-state index in [4.69, 9.17) is 0 Å². The van der Waals surface area contributed by atoms with Gasteiger partial charge in [0.1, 0.15) is 0 Å². The van der Waals surface area contributed by atoms with Crippen LogP contribution >= 0.6 is 0 Å². The molecule has 5 nitrogen and oxygen atoms in total. The molecule has 2 aliphatic rings. The lowest BCUT2D eigenvalue weighted by Crippen LogP contribution is -2.66. The van der Waals surface area contributed by atoms with Crippen LogP contribution in [-0.4, -0.2) is 49.6 Å². The molecule has 2 N–H and O–H groups in total. The van der Waals surface area contributed by atoms with E-state index in [9.17, 15) is 23.1 Å². The van der Waals surface area contributed by atoms with Crippen LogP contribution in [0.3, 0.4) is 0 Å². The molecule has 0 radical (unpaired) electrons. The van der Waals surface area contributed by atoms with Crippen LogP contribution in [0.1, 0.15) is 107 Å². The van der Waals surface area contributed by atoms with Crippen molar-refractivity contribution in [3.8, 4) is 0 Å². The zero-order valence-electron chi connectivity index (χ0n) is 24.2. The van der Waals surface area contributed by atoms with Gasteiger partial charge in [0.2, 0.25) is 5.78 Å². The number of halogens is 3. The molecule has 0 bridgehead atoms. The van der Waals surface area contributed by atoms with Crippen LogP contribution in [0.4, 0.5) is 13.2 Å². The molecule has 0 atom stereocenters. The fraction of sp³-hybridized carbons (Fsp3) is 0.613. The number of hydrogen-bond acceptors (Lipinski definition) is 4. The first-order valence-corrected chi connectivity index (χ1v) is 13.7. The standard InChI is InChI=1S/C31H42F3N3O2/c1-20-16-35-26(36-20)25(38)14-22-8-9-23(15-24(22)21-10-12-27(2,3)13-11-21)30(39)17-28(4,5)37(19-31(32,33)34)29(6,7)18-30/h8-10,15-16,39H,11-14,17-19H2,1-7H3,(H,35,36). The van der Waals surface area contributed by atoms with Gasteiger partial charge in [0.15, 0.2) is 5.82 Å². The fourth-order valence-corrected chi connectivity index (χ4v) is 6.77. The van der Waals surface area contributed by atoms with Crippen molar-refractivity contribution in [1.29, 1.82) is 0 Å². The average Bonchev–Trinajstić information content (AvgIpc) is 3.22. The van der Waals surface area contributed by atoms with Gasteiger partial charge in [0.05, 0.1) is 12.1 Å². The highest BCUT2D eigenvalue weighted by Gasteiger charge is 2.54. The summed E-state index contributed by atoms with van der Waals surface area (Å²) in [5, 5.41) is 12.1. The number of aromatic amines is 1. The topological polar surface area (TPSA) is 69.2 Å². The van der Waals surface area contributed by atoms with E-state index >= 15 is 0 Å². The van der Waals surface area contributed by atoms with Gasteiger partial charge in [-0.2, -0.15) is 13.2 Å². The largest absolute Gasteiger partial charge is 0.401 e. The monoisotopic (exact) mass is 545 g/mol. The zero-order chi connectivity index (χ0) is 29.0. The van der Waals surface area contributed by atoms with Crippen molar-refractivity contribution in [1.82, 2.24) is 14.9 Å². The van der Waals surface area contributed by atoms with E-state index in [0.717, 1.165) is 41.7 Å². The lowest BCUT2D eigenvalue weighted by molar-refractivity contribution is -0.206. The number of carbonyl (C=O) groups excluding carboxylic acids is 1. The van der Waals surface area contributed by atoms with Crippen molar-refractivity contribution in [3.05, 3.63) is 58.7 Å². The molecule has 8 heteroatoms. The Bertz CT molecular complexity index is 1250. The molecule has 1 saturated heterocycles. The van der Waals surface area contributed by atoms with Gasteiger partial charge in [0, 0.05) is 29.4 Å². The number of aryl methyl sites for hydroxylation is 1. The van der Waals surface area contributed by atoms with Crippen LogP contribution in [0.2, 0.25) is 0 Å². The molecule has 0 amide bonds. The maximum absolute atomic E-state index is 13.5. The smallest absolute Gasteiger partial charge is 0.385 e. The van der Waals surface area contributed by atoms with E-state index in [2.05, 4.69) is 29.9 Å².